The molecule has 2 fully saturated rings. The van der Waals surface area contributed by atoms with Gasteiger partial charge in [-0.3, -0.25) is 4.79 Å². The van der Waals surface area contributed by atoms with Crippen LogP contribution < -0.4 is 5.43 Å². The van der Waals surface area contributed by atoms with E-state index in [2.05, 4.69) is 5.43 Å². The molecule has 4 rings (SSSR count). The molecule has 53 heavy (non-hydrogen) atoms. The Morgan fingerprint density at radius 1 is 1.09 bits per heavy atom. The number of nitrogens with one attached hydrogen (secondary N) is 1. The topological polar surface area (TPSA) is 136 Å². The van der Waals surface area contributed by atoms with Gasteiger partial charge in [0.1, 0.15) is 29.9 Å². The number of hydrogen-bond donors (Lipinski definition) is 2. The second-order valence-electron chi connectivity index (χ2n) is 16.0. The van der Waals surface area contributed by atoms with Crippen LogP contribution in [0.25, 0.3) is 0 Å². The summed E-state index contributed by atoms with van der Waals surface area (Å²) in [5.74, 6) is -2.83. The molecule has 0 bridgehead atoms. The minimum Gasteiger partial charge on any atom is -0.455 e. The first kappa shape index (κ1) is 42.8. The number of cyclic esters (lactones) is 1. The van der Waals surface area contributed by atoms with Crippen LogP contribution in [0.1, 0.15) is 86.6 Å². The Bertz CT molecular complexity index is 1460. The summed E-state index contributed by atoms with van der Waals surface area (Å²) < 4.78 is 44.7. The van der Waals surface area contributed by atoms with Gasteiger partial charge in [-0.1, -0.05) is 45.9 Å². The zero-order chi connectivity index (χ0) is 39.4. The number of ketones is 1. The van der Waals surface area contributed by atoms with Crippen LogP contribution >= 0.6 is 0 Å². The average Bonchev–Trinajstić information content (AvgIpc) is 3.37. The lowest BCUT2D eigenvalue weighted by Crippen LogP contribution is -2.60. The second kappa shape index (κ2) is 17.7. The highest BCUT2D eigenvalue weighted by Crippen LogP contribution is 2.42. The normalized spacial score (nSPS) is 38.5. The van der Waals surface area contributed by atoms with Crippen LogP contribution in [-0.2, 0) is 39.7 Å². The molecule has 298 valence electrons. The van der Waals surface area contributed by atoms with Crippen LogP contribution in [0.2, 0.25) is 0 Å². The first-order valence-corrected chi connectivity index (χ1v) is 19.0. The number of aryl methyl sites for hydroxylation is 1. The Kier molecular flexibility index (Phi) is 14.3. The molecule has 13 heteroatoms. The van der Waals surface area contributed by atoms with Crippen LogP contribution in [0, 0.1) is 23.6 Å². The predicted octanol–water partition coefficient (Wildman–Crippen LogP) is 5.21. The summed E-state index contributed by atoms with van der Waals surface area (Å²) in [6.45, 7) is 14.9. The summed E-state index contributed by atoms with van der Waals surface area (Å²) in [6, 6.07) is 5.23. The minimum absolute atomic E-state index is 0.132. The van der Waals surface area contributed by atoms with Gasteiger partial charge in [0.25, 0.3) is 0 Å². The van der Waals surface area contributed by atoms with Crippen molar-refractivity contribution in [2.24, 2.45) is 17.8 Å². The van der Waals surface area contributed by atoms with Gasteiger partial charge in [-0.15, -0.1) is 0 Å². The van der Waals surface area contributed by atoms with Gasteiger partial charge in [0.05, 0.1) is 17.8 Å². The van der Waals surface area contributed by atoms with Gasteiger partial charge in [-0.05, 0) is 91.6 Å². The third kappa shape index (κ3) is 9.48. The number of rotatable bonds is 10. The lowest BCUT2D eigenvalue weighted by molar-refractivity contribution is -0.294. The van der Waals surface area contributed by atoms with E-state index in [1.807, 2.05) is 53.6 Å². The van der Waals surface area contributed by atoms with Crippen LogP contribution in [0.3, 0.4) is 0 Å². The SMILES string of the molecule is CC[C@H]1OC(=O)/C(C)=C/[C@H](C)[C@@H](O[C@@H]2O[C@H](C)C[C@H](N(C)C)[C@H]2O)[C@](C)(OC)C[C@@H](C)C(=O)[C@H](C)[C@H]2N(NCCCc3ccc(F)cc3)C(=O)O[C@]12C. The van der Waals surface area contributed by atoms with Crippen molar-refractivity contribution in [1.29, 1.82) is 0 Å². The van der Waals surface area contributed by atoms with Crippen molar-refractivity contribution in [3.05, 3.63) is 47.3 Å². The highest BCUT2D eigenvalue weighted by Gasteiger charge is 2.60. The number of esters is 1. The fraction of sp³-hybridized carbons (Fsp3) is 0.725. The molecule has 1 aromatic carbocycles. The molecule has 2 N–H and O–H groups in total. The minimum atomic E-state index is -1.37. The highest BCUT2D eigenvalue weighted by molar-refractivity contribution is 5.88. The van der Waals surface area contributed by atoms with Crippen molar-refractivity contribution in [2.45, 2.75) is 141 Å². The molecular weight excluding hydrogens is 685 g/mol. The molecular formula is C40H62FN3O9. The maximum absolute atomic E-state index is 14.6. The Hall–Kier alpha value is -2.94. The number of nitrogens with zero attached hydrogens (tertiary/aromatic N) is 2. The monoisotopic (exact) mass is 747 g/mol. The quantitative estimate of drug-likeness (QED) is 0.241. The number of carbonyl (C=O) groups is 3. The Morgan fingerprint density at radius 2 is 1.75 bits per heavy atom. The smallest absolute Gasteiger partial charge is 0.425 e. The molecule has 0 aliphatic carbocycles. The summed E-state index contributed by atoms with van der Waals surface area (Å²) >= 11 is 0. The molecule has 0 saturated carbocycles. The standard InChI is InChI=1S/C40H62FN3O9/c1-12-31-40(8)34(44(38(48)53-40)42-19-13-14-28-15-17-29(41)18-16-28)27(6)32(45)25(4)22-39(7,49-11)35(23(2)20-24(3)36(47)51-31)52-37-33(46)30(43(9)10)21-26(5)50-37/h15-18,20,23,25-27,30-31,33-35,37,42,46H,12-14,19,21-22H2,1-11H3/b24-20+/t23-,25+,26+,27-,30-,31+,33+,34+,35+,37-,39+,40+/m0/s1. The number of carbonyl (C=O) groups excluding carboxylic acids is 3. The van der Waals surface area contributed by atoms with Gasteiger partial charge in [-0.25, -0.2) is 24.4 Å². The summed E-state index contributed by atoms with van der Waals surface area (Å²) in [5, 5.41) is 12.8. The highest BCUT2D eigenvalue weighted by atomic mass is 19.1. The number of fused-ring (bicyclic) bond motifs is 1. The molecule has 1 aromatic rings. The van der Waals surface area contributed by atoms with Gasteiger partial charge in [0.2, 0.25) is 0 Å². The van der Waals surface area contributed by atoms with E-state index < -0.39 is 71.7 Å². The van der Waals surface area contributed by atoms with E-state index in [1.165, 1.54) is 17.1 Å². The molecule has 0 spiro atoms. The fourth-order valence-corrected chi connectivity index (χ4v) is 8.58. The van der Waals surface area contributed by atoms with Gasteiger partial charge in [0, 0.05) is 43.0 Å². The number of ether oxygens (including phenoxy) is 5. The third-order valence-electron chi connectivity index (χ3n) is 11.5. The van der Waals surface area contributed by atoms with Gasteiger partial charge >= 0.3 is 12.1 Å². The number of halogens is 1. The van der Waals surface area contributed by atoms with E-state index >= 15 is 0 Å². The number of likely N-dealkylation sites (N-methyl/N-ethyl adjacent to an activating group) is 1. The molecule has 0 radical (unpaired) electrons. The molecule has 0 aromatic heterocycles. The van der Waals surface area contributed by atoms with Crippen molar-refractivity contribution in [3.8, 4) is 0 Å². The molecule has 0 unspecified atom stereocenters. The fourth-order valence-electron chi connectivity index (χ4n) is 8.58. The summed E-state index contributed by atoms with van der Waals surface area (Å²) in [4.78, 5) is 44.0. The van der Waals surface area contributed by atoms with Gasteiger partial charge < -0.3 is 33.7 Å². The summed E-state index contributed by atoms with van der Waals surface area (Å²) in [7, 11) is 5.37. The van der Waals surface area contributed by atoms with E-state index in [0.717, 1.165) is 5.56 Å². The lowest BCUT2D eigenvalue weighted by atomic mass is 9.74. The summed E-state index contributed by atoms with van der Waals surface area (Å²) in [5.41, 5.74) is 2.01. The van der Waals surface area contributed by atoms with Crippen molar-refractivity contribution >= 4 is 17.8 Å². The second-order valence-corrected chi connectivity index (χ2v) is 16.0. The maximum atomic E-state index is 14.6. The molecule has 12 nitrogen and oxygen atoms in total. The number of amides is 1. The number of methoxy groups -OCH3 is 1. The first-order chi connectivity index (χ1) is 24.9. The molecule has 3 aliphatic rings. The van der Waals surface area contributed by atoms with Gasteiger partial charge in [-0.2, -0.15) is 0 Å². The maximum Gasteiger partial charge on any atom is 0.425 e. The number of aliphatic hydroxyl groups is 1. The van der Waals surface area contributed by atoms with E-state index in [9.17, 15) is 23.9 Å². The largest absolute Gasteiger partial charge is 0.455 e. The molecule has 1 amide bonds. The number of hydrogen-bond acceptors (Lipinski definition) is 11. The van der Waals surface area contributed by atoms with Crippen molar-refractivity contribution in [2.75, 3.05) is 27.7 Å². The Morgan fingerprint density at radius 3 is 2.36 bits per heavy atom. The molecule has 3 heterocycles. The Labute approximate surface area is 314 Å². The number of benzene rings is 1. The summed E-state index contributed by atoms with van der Waals surface area (Å²) in [6.07, 6.45) is -0.277. The van der Waals surface area contributed by atoms with Crippen LogP contribution in [0.4, 0.5) is 9.18 Å². The zero-order valence-corrected chi connectivity index (χ0v) is 33.4. The van der Waals surface area contributed by atoms with E-state index in [1.54, 1.807) is 46.1 Å². The van der Waals surface area contributed by atoms with Crippen LogP contribution in [0.5, 0.6) is 0 Å². The van der Waals surface area contributed by atoms with Crippen LogP contribution in [-0.4, -0.2) is 115 Å². The number of hydrazine groups is 1. The van der Waals surface area contributed by atoms with Crippen molar-refractivity contribution < 1.29 is 47.6 Å². The van der Waals surface area contributed by atoms with E-state index in [4.69, 9.17) is 23.7 Å². The van der Waals surface area contributed by atoms with E-state index in [-0.39, 0.29) is 30.2 Å². The zero-order valence-electron chi connectivity index (χ0n) is 33.4. The molecule has 3 aliphatic heterocycles. The number of Topliss-reactive ketones (excluding diaryl/α,β-unsaturated/α-hetero) is 1. The first-order valence-electron chi connectivity index (χ1n) is 19.0. The van der Waals surface area contributed by atoms with Crippen molar-refractivity contribution in [3.63, 3.8) is 0 Å². The molecule has 2 saturated heterocycles. The third-order valence-corrected chi connectivity index (χ3v) is 11.5. The number of aliphatic hydroxyl groups excluding tert-OH is 1. The van der Waals surface area contributed by atoms with Crippen LogP contribution in [0.15, 0.2) is 35.9 Å². The Balaban J connectivity index is 1.69. The van der Waals surface area contributed by atoms with Crippen molar-refractivity contribution in [1.82, 2.24) is 15.3 Å². The van der Waals surface area contributed by atoms with Gasteiger partial charge in [0.15, 0.2) is 11.9 Å². The average molecular weight is 748 g/mol. The van der Waals surface area contributed by atoms with E-state index in [0.29, 0.717) is 37.8 Å². The molecule has 12 atom stereocenters. The lowest BCUT2D eigenvalue weighted by Gasteiger charge is -2.46. The predicted molar refractivity (Wildman–Crippen MR) is 197 cm³/mol.